The summed E-state index contributed by atoms with van der Waals surface area (Å²) in [5, 5.41) is 11.8. The molecule has 2 aliphatic rings. The summed E-state index contributed by atoms with van der Waals surface area (Å²) in [6, 6.07) is 10.5. The molecule has 2 N–H and O–H groups in total. The highest BCUT2D eigenvalue weighted by Gasteiger charge is 2.50. The molecule has 1 aromatic rings. The van der Waals surface area contributed by atoms with Gasteiger partial charge in [0.1, 0.15) is 18.8 Å². The first-order chi connectivity index (χ1) is 14.5. The number of hydrazine groups is 1. The van der Waals surface area contributed by atoms with Crippen LogP contribution in [-0.4, -0.2) is 76.0 Å². The van der Waals surface area contributed by atoms with Crippen molar-refractivity contribution in [3.8, 4) is 6.07 Å². The molecule has 1 unspecified atom stereocenters. The number of primary amides is 1. The molecule has 3 rings (SSSR count). The Bertz CT molecular complexity index is 824. The van der Waals surface area contributed by atoms with E-state index >= 15 is 0 Å². The summed E-state index contributed by atoms with van der Waals surface area (Å²) < 4.78 is 0. The second-order valence-electron chi connectivity index (χ2n) is 7.62. The monoisotopic (exact) mass is 412 g/mol. The molecule has 160 valence electrons. The first-order valence-electron chi connectivity index (χ1n) is 10.3. The summed E-state index contributed by atoms with van der Waals surface area (Å²) in [5.41, 5.74) is 6.73. The maximum absolute atomic E-state index is 13.3. The van der Waals surface area contributed by atoms with Crippen LogP contribution in [0.4, 0.5) is 4.79 Å². The van der Waals surface area contributed by atoms with Crippen LogP contribution in [0.5, 0.6) is 0 Å². The van der Waals surface area contributed by atoms with E-state index in [2.05, 4.69) is 0 Å². The van der Waals surface area contributed by atoms with E-state index in [-0.39, 0.29) is 31.4 Å². The summed E-state index contributed by atoms with van der Waals surface area (Å²) in [4.78, 5) is 41.7. The Kier molecular flexibility index (Phi) is 6.90. The average Bonchev–Trinajstić information content (AvgIpc) is 2.72. The lowest BCUT2D eigenvalue weighted by molar-refractivity contribution is -0.188. The minimum absolute atomic E-state index is 0.0952. The zero-order chi connectivity index (χ0) is 21.7. The van der Waals surface area contributed by atoms with Gasteiger partial charge in [-0.1, -0.05) is 50.1 Å². The molecule has 0 aliphatic carbocycles. The molecule has 0 bridgehead atoms. The fourth-order valence-electron chi connectivity index (χ4n) is 4.22. The van der Waals surface area contributed by atoms with Crippen molar-refractivity contribution in [3.05, 3.63) is 35.9 Å². The highest BCUT2D eigenvalue weighted by molar-refractivity contribution is 5.91. The molecule has 4 amide bonds. The van der Waals surface area contributed by atoms with E-state index in [4.69, 9.17) is 11.0 Å². The lowest BCUT2D eigenvalue weighted by atomic mass is 10.0. The third kappa shape index (κ3) is 4.39. The molecular weight excluding hydrogens is 384 g/mol. The number of fused-ring (bicyclic) bond motifs is 1. The molecular formula is C21H28N6O3. The number of benzene rings is 1. The molecule has 2 atom stereocenters. The molecule has 2 saturated heterocycles. The molecule has 0 spiro atoms. The van der Waals surface area contributed by atoms with Crippen LogP contribution in [0, 0.1) is 11.3 Å². The molecule has 2 heterocycles. The number of amides is 4. The van der Waals surface area contributed by atoms with Crippen LogP contribution in [0.1, 0.15) is 31.7 Å². The van der Waals surface area contributed by atoms with Gasteiger partial charge >= 0.3 is 6.03 Å². The van der Waals surface area contributed by atoms with Gasteiger partial charge in [0.05, 0.1) is 19.2 Å². The van der Waals surface area contributed by atoms with Gasteiger partial charge < -0.3 is 15.5 Å². The predicted molar refractivity (Wildman–Crippen MR) is 109 cm³/mol. The van der Waals surface area contributed by atoms with E-state index in [1.54, 1.807) is 4.90 Å². The van der Waals surface area contributed by atoms with E-state index in [1.807, 2.05) is 43.3 Å². The van der Waals surface area contributed by atoms with E-state index in [0.717, 1.165) is 18.4 Å². The third-order valence-electron chi connectivity index (χ3n) is 5.65. The highest BCUT2D eigenvalue weighted by atomic mass is 16.2. The number of urea groups is 1. The second kappa shape index (κ2) is 9.59. The van der Waals surface area contributed by atoms with Gasteiger partial charge in [-0.25, -0.2) is 9.80 Å². The molecule has 0 aromatic heterocycles. The summed E-state index contributed by atoms with van der Waals surface area (Å²) in [5.74, 6) is -0.355. The van der Waals surface area contributed by atoms with Crippen LogP contribution in [0.15, 0.2) is 30.3 Å². The molecule has 2 fully saturated rings. The molecule has 30 heavy (non-hydrogen) atoms. The van der Waals surface area contributed by atoms with Crippen molar-refractivity contribution in [2.45, 2.75) is 44.8 Å². The quantitative estimate of drug-likeness (QED) is 0.669. The Balaban J connectivity index is 1.88. The van der Waals surface area contributed by atoms with Gasteiger partial charge in [-0.15, -0.1) is 0 Å². The Hall–Kier alpha value is -3.12. The summed E-state index contributed by atoms with van der Waals surface area (Å²) in [7, 11) is 0. The van der Waals surface area contributed by atoms with Crippen LogP contribution in [0.25, 0.3) is 0 Å². The van der Waals surface area contributed by atoms with E-state index in [1.165, 1.54) is 14.9 Å². The SMILES string of the molecule is CCCC[C@H]1C(=O)N(CCc2ccccc2)CC2N1C(=O)CN(CC#N)N2C(N)=O. The zero-order valence-electron chi connectivity index (χ0n) is 17.2. The summed E-state index contributed by atoms with van der Waals surface area (Å²) in [6.45, 7) is 2.41. The van der Waals surface area contributed by atoms with Crippen molar-refractivity contribution in [1.29, 1.82) is 5.26 Å². The lowest BCUT2D eigenvalue weighted by Crippen LogP contribution is -2.76. The number of nitrogens with zero attached hydrogens (tertiary/aromatic N) is 5. The van der Waals surface area contributed by atoms with Crippen molar-refractivity contribution < 1.29 is 14.4 Å². The highest BCUT2D eigenvalue weighted by Crippen LogP contribution is 2.28. The number of carbonyl (C=O) groups excluding carboxylic acids is 3. The van der Waals surface area contributed by atoms with Crippen LogP contribution in [0.3, 0.4) is 0 Å². The van der Waals surface area contributed by atoms with Gasteiger partial charge in [0.2, 0.25) is 11.8 Å². The Morgan fingerprint density at radius 1 is 1.27 bits per heavy atom. The molecule has 9 nitrogen and oxygen atoms in total. The smallest absolute Gasteiger partial charge is 0.331 e. The summed E-state index contributed by atoms with van der Waals surface area (Å²) in [6.07, 6.45) is 2.18. The summed E-state index contributed by atoms with van der Waals surface area (Å²) >= 11 is 0. The lowest BCUT2D eigenvalue weighted by Gasteiger charge is -2.54. The number of rotatable bonds is 7. The van der Waals surface area contributed by atoms with Gasteiger partial charge in [0.15, 0.2) is 0 Å². The van der Waals surface area contributed by atoms with Crippen molar-refractivity contribution in [2.24, 2.45) is 5.73 Å². The second-order valence-corrected chi connectivity index (χ2v) is 7.62. The molecule has 0 radical (unpaired) electrons. The van der Waals surface area contributed by atoms with Gasteiger partial charge in [-0.05, 0) is 18.4 Å². The number of unbranched alkanes of at least 4 members (excludes halogenated alkanes) is 1. The van der Waals surface area contributed by atoms with Gasteiger partial charge in [-0.2, -0.15) is 10.3 Å². The van der Waals surface area contributed by atoms with Crippen LogP contribution in [0.2, 0.25) is 0 Å². The van der Waals surface area contributed by atoms with Crippen molar-refractivity contribution in [2.75, 3.05) is 26.2 Å². The first-order valence-corrected chi connectivity index (χ1v) is 10.3. The molecule has 9 heteroatoms. The van der Waals surface area contributed by atoms with Gasteiger partial charge in [0.25, 0.3) is 0 Å². The van der Waals surface area contributed by atoms with Gasteiger partial charge in [0, 0.05) is 6.54 Å². The number of hydrogen-bond donors (Lipinski definition) is 1. The normalized spacial score (nSPS) is 22.1. The van der Waals surface area contributed by atoms with Crippen molar-refractivity contribution in [1.82, 2.24) is 19.8 Å². The number of nitriles is 1. The fraction of sp³-hybridized carbons (Fsp3) is 0.524. The predicted octanol–water partition coefficient (Wildman–Crippen LogP) is 0.920. The average molecular weight is 412 g/mol. The number of hydrogen-bond acceptors (Lipinski definition) is 5. The Morgan fingerprint density at radius 3 is 2.63 bits per heavy atom. The fourth-order valence-corrected chi connectivity index (χ4v) is 4.22. The largest absolute Gasteiger partial charge is 0.350 e. The Morgan fingerprint density at radius 2 is 2.00 bits per heavy atom. The number of nitrogens with two attached hydrogens (primary N) is 1. The third-order valence-corrected chi connectivity index (χ3v) is 5.65. The minimum atomic E-state index is -0.737. The zero-order valence-corrected chi connectivity index (χ0v) is 17.2. The first kappa shape index (κ1) is 21.6. The topological polar surface area (TPSA) is 114 Å². The maximum atomic E-state index is 13.3. The Labute approximate surface area is 176 Å². The van der Waals surface area contributed by atoms with Crippen LogP contribution in [-0.2, 0) is 16.0 Å². The van der Waals surface area contributed by atoms with Gasteiger partial charge in [-0.3, -0.25) is 9.59 Å². The van der Waals surface area contributed by atoms with E-state index < -0.39 is 18.2 Å². The number of piperazine rings is 1. The molecule has 0 saturated carbocycles. The maximum Gasteiger partial charge on any atom is 0.331 e. The molecule has 1 aromatic carbocycles. The van der Waals surface area contributed by atoms with Crippen LogP contribution >= 0.6 is 0 Å². The minimum Gasteiger partial charge on any atom is -0.350 e. The van der Waals surface area contributed by atoms with Crippen molar-refractivity contribution in [3.63, 3.8) is 0 Å². The van der Waals surface area contributed by atoms with Crippen LogP contribution < -0.4 is 5.73 Å². The molecule has 2 aliphatic heterocycles. The van der Waals surface area contributed by atoms with E-state index in [0.29, 0.717) is 19.4 Å². The van der Waals surface area contributed by atoms with Crippen molar-refractivity contribution >= 4 is 17.8 Å². The van der Waals surface area contributed by atoms with E-state index in [9.17, 15) is 14.4 Å². The number of carbonyl (C=O) groups is 3. The standard InChI is InChI=1S/C21H28N6O3/c1-2-3-9-17-20(29)24(12-10-16-7-5-4-6-8-16)14-18-26(17)19(28)15-25(13-11-22)27(18)21(23)30/h4-8,17-18H,2-3,9-10,12-15H2,1H3,(H2,23,30)/t17-,18?/m0/s1.